The van der Waals surface area contributed by atoms with Crippen LogP contribution in [0.2, 0.25) is 0 Å². The van der Waals surface area contributed by atoms with E-state index < -0.39 is 0 Å². The van der Waals surface area contributed by atoms with E-state index in [1.165, 1.54) is 34.2 Å². The fourth-order valence-corrected chi connectivity index (χ4v) is 5.02. The third-order valence-corrected chi connectivity index (χ3v) is 7.03. The number of carbonyl (C=O) groups is 1. The minimum absolute atomic E-state index is 0.0770. The fourth-order valence-electron chi connectivity index (χ4n) is 2.65. The molecule has 0 saturated heterocycles. The van der Waals surface area contributed by atoms with Gasteiger partial charge in [0.25, 0.3) is 0 Å². The number of amides is 1. The Bertz CT molecular complexity index is 1110. The molecule has 2 heterocycles. The highest BCUT2D eigenvalue weighted by Crippen LogP contribution is 2.29. The molecule has 2 aromatic carbocycles. The van der Waals surface area contributed by atoms with Crippen molar-refractivity contribution in [2.45, 2.75) is 18.2 Å². The number of thioether (sulfide) groups is 1. The molecule has 0 bridgehead atoms. The second kappa shape index (κ2) is 8.90. The van der Waals surface area contributed by atoms with Crippen molar-refractivity contribution in [2.24, 2.45) is 0 Å². The second-order valence-corrected chi connectivity index (χ2v) is 9.54. The van der Waals surface area contributed by atoms with Gasteiger partial charge in [-0.2, -0.15) is 0 Å². The number of hydrogen-bond donors (Lipinski definition) is 1. The molecule has 0 aliphatic carbocycles. The number of nitrogens with zero attached hydrogens (tertiary/aromatic N) is 2. The van der Waals surface area contributed by atoms with Crippen LogP contribution in [0.25, 0.3) is 22.5 Å². The van der Waals surface area contributed by atoms with E-state index in [1.807, 2.05) is 22.9 Å². The highest BCUT2D eigenvalue weighted by atomic mass is 32.2. The monoisotopic (exact) mass is 437 g/mol. The number of hydrogen-bond acceptors (Lipinski definition) is 6. The number of benzene rings is 2. The molecule has 0 radical (unpaired) electrons. The van der Waals surface area contributed by atoms with Crippen LogP contribution in [0.15, 0.2) is 63.6 Å². The Morgan fingerprint density at radius 3 is 2.03 bits per heavy atom. The number of nitrogens with one attached hydrogen (secondary N) is 1. The number of aryl methyl sites for hydroxylation is 2. The third kappa shape index (κ3) is 5.12. The van der Waals surface area contributed by atoms with Gasteiger partial charge in [0.15, 0.2) is 9.47 Å². The summed E-state index contributed by atoms with van der Waals surface area (Å²) in [6.07, 6.45) is 0. The van der Waals surface area contributed by atoms with Gasteiger partial charge >= 0.3 is 0 Å². The maximum atomic E-state index is 12.3. The Morgan fingerprint density at radius 2 is 1.41 bits per heavy atom. The van der Waals surface area contributed by atoms with Gasteiger partial charge < -0.3 is 5.32 Å². The first-order valence-electron chi connectivity index (χ1n) is 9.04. The predicted octanol–water partition coefficient (Wildman–Crippen LogP) is 6.28. The minimum atomic E-state index is -0.0770. The average molecular weight is 438 g/mol. The van der Waals surface area contributed by atoms with E-state index in [1.54, 1.807) is 11.3 Å². The van der Waals surface area contributed by atoms with Crippen molar-refractivity contribution in [3.05, 3.63) is 70.4 Å². The van der Waals surface area contributed by atoms with Crippen LogP contribution in [0.3, 0.4) is 0 Å². The van der Waals surface area contributed by atoms with Crippen molar-refractivity contribution < 1.29 is 4.79 Å². The predicted molar refractivity (Wildman–Crippen MR) is 124 cm³/mol. The standard InChI is InChI=1S/C22H19N3OS3/c1-14-3-7-16(8-4-14)18-11-27-21(23-18)25-20(26)13-29-22-24-19(12-28-22)17-9-5-15(2)6-10-17/h3-12H,13H2,1-2H3,(H,23,25,26). The number of anilines is 1. The lowest BCUT2D eigenvalue weighted by atomic mass is 10.1. The molecule has 0 unspecified atom stereocenters. The van der Waals surface area contributed by atoms with Gasteiger partial charge in [0, 0.05) is 21.9 Å². The minimum Gasteiger partial charge on any atom is -0.301 e. The summed E-state index contributed by atoms with van der Waals surface area (Å²) >= 11 is 4.44. The summed E-state index contributed by atoms with van der Waals surface area (Å²) in [4.78, 5) is 21.5. The van der Waals surface area contributed by atoms with E-state index in [-0.39, 0.29) is 5.91 Å². The van der Waals surface area contributed by atoms with Gasteiger partial charge in [0.2, 0.25) is 5.91 Å². The normalized spacial score (nSPS) is 10.8. The van der Waals surface area contributed by atoms with Crippen LogP contribution in [-0.2, 0) is 4.79 Å². The molecule has 0 atom stereocenters. The summed E-state index contributed by atoms with van der Waals surface area (Å²) < 4.78 is 0.884. The first-order chi connectivity index (χ1) is 14.1. The molecule has 0 saturated carbocycles. The molecule has 0 spiro atoms. The van der Waals surface area contributed by atoms with Gasteiger partial charge in [-0.25, -0.2) is 9.97 Å². The Kier molecular flexibility index (Phi) is 6.08. The van der Waals surface area contributed by atoms with Crippen molar-refractivity contribution >= 4 is 45.5 Å². The SMILES string of the molecule is Cc1ccc(-c2csc(NC(=O)CSc3nc(-c4ccc(C)cc4)cs3)n2)cc1. The molecular formula is C22H19N3OS3. The average Bonchev–Trinajstić information content (AvgIpc) is 3.37. The van der Waals surface area contributed by atoms with Gasteiger partial charge in [-0.3, -0.25) is 4.79 Å². The summed E-state index contributed by atoms with van der Waals surface area (Å²) in [5, 5.41) is 7.49. The lowest BCUT2D eigenvalue weighted by Gasteiger charge is -2.00. The van der Waals surface area contributed by atoms with Gasteiger partial charge in [-0.1, -0.05) is 71.4 Å². The van der Waals surface area contributed by atoms with Crippen LogP contribution in [0.1, 0.15) is 11.1 Å². The summed E-state index contributed by atoms with van der Waals surface area (Å²) in [5.41, 5.74) is 6.40. The lowest BCUT2D eigenvalue weighted by Crippen LogP contribution is -2.13. The van der Waals surface area contributed by atoms with Crippen LogP contribution in [0.5, 0.6) is 0 Å². The maximum absolute atomic E-state index is 12.3. The molecule has 7 heteroatoms. The van der Waals surface area contributed by atoms with Gasteiger partial charge in [-0.05, 0) is 13.8 Å². The fraction of sp³-hybridized carbons (Fsp3) is 0.136. The highest BCUT2D eigenvalue weighted by molar-refractivity contribution is 8.01. The van der Waals surface area contributed by atoms with E-state index in [4.69, 9.17) is 0 Å². The molecule has 2 aromatic heterocycles. The van der Waals surface area contributed by atoms with Crippen molar-refractivity contribution in [1.82, 2.24) is 9.97 Å². The summed E-state index contributed by atoms with van der Waals surface area (Å²) in [6.45, 7) is 4.12. The molecule has 4 rings (SSSR count). The summed E-state index contributed by atoms with van der Waals surface area (Å²) in [6, 6.07) is 16.5. The van der Waals surface area contributed by atoms with Crippen LogP contribution >= 0.6 is 34.4 Å². The van der Waals surface area contributed by atoms with Crippen molar-refractivity contribution in [3.63, 3.8) is 0 Å². The Hall–Kier alpha value is -2.48. The second-order valence-electron chi connectivity index (χ2n) is 6.61. The molecular weight excluding hydrogens is 418 g/mol. The number of carbonyl (C=O) groups excluding carboxylic acids is 1. The van der Waals surface area contributed by atoms with Crippen molar-refractivity contribution in [2.75, 3.05) is 11.1 Å². The maximum Gasteiger partial charge on any atom is 0.236 e. The molecule has 146 valence electrons. The first-order valence-corrected chi connectivity index (χ1v) is 11.8. The van der Waals surface area contributed by atoms with Crippen LogP contribution < -0.4 is 5.32 Å². The Labute approximate surface area is 182 Å². The van der Waals surface area contributed by atoms with Crippen LogP contribution in [0.4, 0.5) is 5.13 Å². The summed E-state index contributed by atoms with van der Waals surface area (Å²) in [5.74, 6) is 0.229. The topological polar surface area (TPSA) is 54.9 Å². The van der Waals surface area contributed by atoms with Crippen molar-refractivity contribution in [1.29, 1.82) is 0 Å². The molecule has 4 aromatic rings. The summed E-state index contributed by atoms with van der Waals surface area (Å²) in [7, 11) is 0. The zero-order chi connectivity index (χ0) is 20.2. The Balaban J connectivity index is 1.33. The molecule has 1 amide bonds. The Morgan fingerprint density at radius 1 is 0.862 bits per heavy atom. The van der Waals surface area contributed by atoms with E-state index in [9.17, 15) is 4.79 Å². The van der Waals surface area contributed by atoms with Crippen molar-refractivity contribution in [3.8, 4) is 22.5 Å². The van der Waals surface area contributed by atoms with E-state index in [0.29, 0.717) is 10.9 Å². The highest BCUT2D eigenvalue weighted by Gasteiger charge is 2.11. The lowest BCUT2D eigenvalue weighted by molar-refractivity contribution is -0.113. The zero-order valence-electron chi connectivity index (χ0n) is 16.0. The van der Waals surface area contributed by atoms with Crippen LogP contribution in [-0.4, -0.2) is 21.6 Å². The smallest absolute Gasteiger partial charge is 0.236 e. The molecule has 0 aliphatic heterocycles. The molecule has 0 aliphatic rings. The largest absolute Gasteiger partial charge is 0.301 e. The number of thiazole rings is 2. The zero-order valence-corrected chi connectivity index (χ0v) is 18.5. The van der Waals surface area contributed by atoms with Gasteiger partial charge in [0.1, 0.15) is 0 Å². The van der Waals surface area contributed by atoms with E-state index >= 15 is 0 Å². The third-order valence-electron chi connectivity index (χ3n) is 4.26. The van der Waals surface area contributed by atoms with Gasteiger partial charge in [-0.15, -0.1) is 22.7 Å². The molecule has 0 fully saturated rings. The molecule has 29 heavy (non-hydrogen) atoms. The number of aromatic nitrogens is 2. The van der Waals surface area contributed by atoms with Crippen LogP contribution in [0, 0.1) is 13.8 Å². The van der Waals surface area contributed by atoms with E-state index in [2.05, 4.69) is 65.5 Å². The molecule has 1 N–H and O–H groups in total. The van der Waals surface area contributed by atoms with Gasteiger partial charge in [0.05, 0.1) is 17.1 Å². The quantitative estimate of drug-likeness (QED) is 0.361. The first kappa shape index (κ1) is 19.8. The van der Waals surface area contributed by atoms with E-state index in [0.717, 1.165) is 26.9 Å². The molecule has 4 nitrogen and oxygen atoms in total. The number of rotatable bonds is 6.